The smallest absolute Gasteiger partial charge is 0.238 e. The molecule has 33 heavy (non-hydrogen) atoms. The van der Waals surface area contributed by atoms with Gasteiger partial charge in [-0.1, -0.05) is 23.5 Å². The topological polar surface area (TPSA) is 127 Å². The number of benzene rings is 2. The summed E-state index contributed by atoms with van der Waals surface area (Å²) < 4.78 is 22.8. The fraction of sp³-hybridized carbons (Fsp3) is 0.182. The van der Waals surface area contributed by atoms with Crippen LogP contribution in [0.15, 0.2) is 58.8 Å². The number of aromatic nitrogens is 2. The molecule has 0 saturated carbocycles. The Hall–Kier alpha value is -2.99. The molecule has 2 aromatic carbocycles. The van der Waals surface area contributed by atoms with Crippen molar-refractivity contribution in [1.82, 2.24) is 9.97 Å². The van der Waals surface area contributed by atoms with Gasteiger partial charge >= 0.3 is 0 Å². The maximum atomic E-state index is 11.4. The molecule has 0 saturated heterocycles. The summed E-state index contributed by atoms with van der Waals surface area (Å²) in [5, 5.41) is 11.7. The zero-order valence-electron chi connectivity index (χ0n) is 18.1. The second-order valence-corrected chi connectivity index (χ2v) is 10.6. The van der Waals surface area contributed by atoms with Crippen LogP contribution in [0.2, 0.25) is 0 Å². The first kappa shape index (κ1) is 23.2. The molecule has 11 heteroatoms. The Kier molecular flexibility index (Phi) is 6.66. The first-order valence-electron chi connectivity index (χ1n) is 10.3. The van der Waals surface area contributed by atoms with Crippen LogP contribution in [0.25, 0.3) is 21.1 Å². The summed E-state index contributed by atoms with van der Waals surface area (Å²) in [6.45, 7) is 6.22. The minimum Gasteiger partial charge on any atom is -0.382 e. The van der Waals surface area contributed by atoms with Gasteiger partial charge in [-0.25, -0.2) is 23.5 Å². The Morgan fingerprint density at radius 3 is 2.27 bits per heavy atom. The van der Waals surface area contributed by atoms with Crippen LogP contribution >= 0.6 is 22.7 Å². The molecule has 0 bridgehead atoms. The Balaban J connectivity index is 1.52. The van der Waals surface area contributed by atoms with Gasteiger partial charge in [-0.2, -0.15) is 0 Å². The van der Waals surface area contributed by atoms with Crippen LogP contribution in [0, 0.1) is 0 Å². The fourth-order valence-corrected chi connectivity index (χ4v) is 5.68. The third-order valence-electron chi connectivity index (χ3n) is 5.08. The fourth-order valence-electron chi connectivity index (χ4n) is 3.33. The number of nitrogen functional groups attached to an aromatic ring is 1. The predicted octanol–water partition coefficient (Wildman–Crippen LogP) is 4.75. The molecule has 0 atom stereocenters. The molecule has 5 N–H and O–H groups in total. The molecular formula is C22H24N6O2S3. The van der Waals surface area contributed by atoms with Gasteiger partial charge < -0.3 is 16.0 Å². The van der Waals surface area contributed by atoms with Crippen LogP contribution in [-0.4, -0.2) is 31.5 Å². The lowest BCUT2D eigenvalue weighted by Gasteiger charge is -2.20. The summed E-state index contributed by atoms with van der Waals surface area (Å²) in [7, 11) is -3.73. The minimum absolute atomic E-state index is 0.0489. The van der Waals surface area contributed by atoms with Crippen LogP contribution < -0.4 is 21.1 Å². The van der Waals surface area contributed by atoms with Gasteiger partial charge in [0.25, 0.3) is 0 Å². The first-order valence-corrected chi connectivity index (χ1v) is 13.5. The molecule has 172 valence electrons. The lowest BCUT2D eigenvalue weighted by molar-refractivity contribution is 0.598. The zero-order chi connectivity index (χ0) is 23.6. The molecule has 0 spiro atoms. The number of anilines is 4. The third kappa shape index (κ3) is 5.17. The van der Waals surface area contributed by atoms with Gasteiger partial charge in [0.05, 0.1) is 10.6 Å². The monoisotopic (exact) mass is 500 g/mol. The zero-order valence-corrected chi connectivity index (χ0v) is 20.6. The van der Waals surface area contributed by atoms with E-state index in [2.05, 4.69) is 53.3 Å². The van der Waals surface area contributed by atoms with Gasteiger partial charge in [0.2, 0.25) is 10.0 Å². The number of nitrogens with one attached hydrogen (secondary N) is 1. The number of primary sulfonamides is 1. The first-order chi connectivity index (χ1) is 15.8. The number of nitrogens with zero attached hydrogens (tertiary/aromatic N) is 3. The molecule has 0 aliphatic rings. The highest BCUT2D eigenvalue weighted by Crippen LogP contribution is 2.39. The largest absolute Gasteiger partial charge is 0.382 e. The Morgan fingerprint density at radius 1 is 1.00 bits per heavy atom. The third-order valence-corrected chi connectivity index (χ3v) is 7.99. The average molecular weight is 501 g/mol. The van der Waals surface area contributed by atoms with Crippen LogP contribution in [0.4, 0.5) is 22.3 Å². The van der Waals surface area contributed by atoms with Gasteiger partial charge in [0.1, 0.15) is 15.7 Å². The summed E-state index contributed by atoms with van der Waals surface area (Å²) in [5.74, 6) is 0.390. The van der Waals surface area contributed by atoms with E-state index in [1.807, 2.05) is 5.38 Å². The summed E-state index contributed by atoms with van der Waals surface area (Å²) >= 11 is 2.91. The second kappa shape index (κ2) is 9.48. The molecule has 2 heterocycles. The average Bonchev–Trinajstić information content (AvgIpc) is 3.41. The second-order valence-electron chi connectivity index (χ2n) is 7.18. The van der Waals surface area contributed by atoms with E-state index in [4.69, 9.17) is 15.9 Å². The van der Waals surface area contributed by atoms with E-state index in [1.54, 1.807) is 12.1 Å². The van der Waals surface area contributed by atoms with Gasteiger partial charge in [-0.3, -0.25) is 0 Å². The highest BCUT2D eigenvalue weighted by Gasteiger charge is 2.16. The molecule has 0 aliphatic heterocycles. The molecule has 0 unspecified atom stereocenters. The van der Waals surface area contributed by atoms with Crippen molar-refractivity contribution in [2.45, 2.75) is 18.7 Å². The quantitative estimate of drug-likeness (QED) is 0.318. The molecule has 2 aromatic heterocycles. The summed E-state index contributed by atoms with van der Waals surface area (Å²) in [6, 6.07) is 14.5. The summed E-state index contributed by atoms with van der Waals surface area (Å²) in [6.07, 6.45) is 0. The number of nitrogens with two attached hydrogens (primary N) is 2. The van der Waals surface area contributed by atoms with Crippen LogP contribution in [0.1, 0.15) is 13.8 Å². The van der Waals surface area contributed by atoms with Gasteiger partial charge in [-0.05, 0) is 50.2 Å². The summed E-state index contributed by atoms with van der Waals surface area (Å²) in [5.41, 5.74) is 9.97. The van der Waals surface area contributed by atoms with E-state index < -0.39 is 10.0 Å². The highest BCUT2D eigenvalue weighted by molar-refractivity contribution is 7.89. The van der Waals surface area contributed by atoms with Gasteiger partial charge in [0, 0.05) is 35.4 Å². The normalized spacial score (nSPS) is 11.5. The van der Waals surface area contributed by atoms with Crippen LogP contribution in [-0.2, 0) is 10.0 Å². The minimum atomic E-state index is -3.73. The van der Waals surface area contributed by atoms with Gasteiger partial charge in [0.15, 0.2) is 5.13 Å². The Labute approximate surface area is 201 Å². The number of rotatable bonds is 8. The van der Waals surface area contributed by atoms with Crippen molar-refractivity contribution in [2.75, 3.05) is 29.0 Å². The van der Waals surface area contributed by atoms with Crippen molar-refractivity contribution in [3.63, 3.8) is 0 Å². The van der Waals surface area contributed by atoms with Crippen molar-refractivity contribution in [2.24, 2.45) is 5.14 Å². The number of hydrogen-bond donors (Lipinski definition) is 3. The Bertz CT molecular complexity index is 1340. The predicted molar refractivity (Wildman–Crippen MR) is 138 cm³/mol. The maximum absolute atomic E-state index is 11.4. The molecule has 0 radical (unpaired) electrons. The van der Waals surface area contributed by atoms with E-state index >= 15 is 0 Å². The number of hydrogen-bond acceptors (Lipinski definition) is 9. The van der Waals surface area contributed by atoms with Crippen LogP contribution in [0.5, 0.6) is 0 Å². The Morgan fingerprint density at radius 2 is 1.67 bits per heavy atom. The van der Waals surface area contributed by atoms with Crippen molar-refractivity contribution >= 4 is 55.0 Å². The molecule has 4 rings (SSSR count). The van der Waals surface area contributed by atoms with Crippen molar-refractivity contribution in [3.8, 4) is 21.1 Å². The van der Waals surface area contributed by atoms with E-state index in [1.165, 1.54) is 40.5 Å². The van der Waals surface area contributed by atoms with E-state index in [0.717, 1.165) is 34.2 Å². The summed E-state index contributed by atoms with van der Waals surface area (Å²) in [4.78, 5) is 12.3. The molecule has 0 aliphatic carbocycles. The van der Waals surface area contributed by atoms with Crippen LogP contribution in [0.3, 0.4) is 0 Å². The highest BCUT2D eigenvalue weighted by atomic mass is 32.2. The number of thiazole rings is 2. The maximum Gasteiger partial charge on any atom is 0.238 e. The standard InChI is InChI=1S/C22H24N6O2S3/c1-3-28(4-2)16-9-5-14(6-10-16)18-13-31-21(26-18)19-20(23)27-22(32-19)25-15-7-11-17(12-8-15)33(24,29)30/h5-13H,3-4,23H2,1-2H3,(H,25,27)(H2,24,29,30). The molecule has 0 fully saturated rings. The molecule has 0 amide bonds. The van der Waals surface area contributed by atoms with Crippen molar-refractivity contribution < 1.29 is 8.42 Å². The van der Waals surface area contributed by atoms with Gasteiger partial charge in [-0.15, -0.1) is 11.3 Å². The van der Waals surface area contributed by atoms with E-state index in [-0.39, 0.29) is 4.90 Å². The SMILES string of the molecule is CCN(CC)c1ccc(-c2csc(-c3sc(Nc4ccc(S(N)(=O)=O)cc4)nc3N)n2)cc1. The van der Waals surface area contributed by atoms with E-state index in [0.29, 0.717) is 16.6 Å². The van der Waals surface area contributed by atoms with Crippen molar-refractivity contribution in [3.05, 3.63) is 53.9 Å². The molecule has 4 aromatic rings. The van der Waals surface area contributed by atoms with Crippen molar-refractivity contribution in [1.29, 1.82) is 0 Å². The molecule has 8 nitrogen and oxygen atoms in total. The number of sulfonamides is 1. The molecular weight excluding hydrogens is 476 g/mol. The lowest BCUT2D eigenvalue weighted by atomic mass is 10.1. The van der Waals surface area contributed by atoms with E-state index in [9.17, 15) is 8.42 Å². The lowest BCUT2D eigenvalue weighted by Crippen LogP contribution is -2.21.